The van der Waals surface area contributed by atoms with Crippen LogP contribution in [0.2, 0.25) is 0 Å². The summed E-state index contributed by atoms with van der Waals surface area (Å²) in [5, 5.41) is 10.6. The molecule has 1 N–H and O–H groups in total. The topological polar surface area (TPSA) is 81.7 Å². The number of carbonyl (C=O) groups is 1. The molecule has 0 aliphatic carbocycles. The SMILES string of the molecule is O=C(O)c1sccc1OCCn1c(=O)oc2ccccc21. The van der Waals surface area contributed by atoms with Crippen LogP contribution in [-0.4, -0.2) is 22.2 Å². The van der Waals surface area contributed by atoms with E-state index in [-0.39, 0.29) is 18.0 Å². The van der Waals surface area contributed by atoms with E-state index in [4.69, 9.17) is 14.3 Å². The summed E-state index contributed by atoms with van der Waals surface area (Å²) in [6, 6.07) is 8.71. The predicted molar refractivity (Wildman–Crippen MR) is 77.2 cm³/mol. The first kappa shape index (κ1) is 13.4. The van der Waals surface area contributed by atoms with Crippen molar-refractivity contribution in [3.63, 3.8) is 0 Å². The molecule has 0 aliphatic rings. The Kier molecular flexibility index (Phi) is 3.49. The average molecular weight is 305 g/mol. The van der Waals surface area contributed by atoms with Crippen molar-refractivity contribution in [2.45, 2.75) is 6.54 Å². The molecule has 0 aliphatic heterocycles. The van der Waals surface area contributed by atoms with Crippen LogP contribution in [-0.2, 0) is 6.54 Å². The summed E-state index contributed by atoms with van der Waals surface area (Å²) in [7, 11) is 0. The number of hydrogen-bond donors (Lipinski definition) is 1. The molecule has 0 fully saturated rings. The molecular weight excluding hydrogens is 294 g/mol. The Morgan fingerprint density at radius 2 is 2.14 bits per heavy atom. The summed E-state index contributed by atoms with van der Waals surface area (Å²) < 4.78 is 12.0. The van der Waals surface area contributed by atoms with Crippen LogP contribution in [0.1, 0.15) is 9.67 Å². The Labute approximate surface area is 122 Å². The van der Waals surface area contributed by atoms with Crippen LogP contribution < -0.4 is 10.5 Å². The van der Waals surface area contributed by atoms with Gasteiger partial charge in [0.25, 0.3) is 0 Å². The van der Waals surface area contributed by atoms with Gasteiger partial charge in [0.05, 0.1) is 12.1 Å². The van der Waals surface area contributed by atoms with Gasteiger partial charge in [0, 0.05) is 0 Å². The first-order valence-electron chi connectivity index (χ1n) is 6.19. The molecule has 108 valence electrons. The van der Waals surface area contributed by atoms with Gasteiger partial charge < -0.3 is 14.3 Å². The lowest BCUT2D eigenvalue weighted by Crippen LogP contribution is -2.18. The van der Waals surface area contributed by atoms with Crippen LogP contribution in [0.4, 0.5) is 0 Å². The molecule has 1 aromatic carbocycles. The highest BCUT2D eigenvalue weighted by molar-refractivity contribution is 7.12. The van der Waals surface area contributed by atoms with E-state index >= 15 is 0 Å². The van der Waals surface area contributed by atoms with Crippen molar-refractivity contribution in [1.29, 1.82) is 0 Å². The van der Waals surface area contributed by atoms with Gasteiger partial charge >= 0.3 is 11.7 Å². The van der Waals surface area contributed by atoms with Crippen LogP contribution in [0.15, 0.2) is 44.9 Å². The fourth-order valence-electron chi connectivity index (χ4n) is 2.04. The molecule has 2 heterocycles. The van der Waals surface area contributed by atoms with Gasteiger partial charge in [-0.1, -0.05) is 12.1 Å². The van der Waals surface area contributed by atoms with Crippen LogP contribution in [0.25, 0.3) is 11.1 Å². The molecule has 0 atom stereocenters. The fourth-order valence-corrected chi connectivity index (χ4v) is 2.71. The second-order valence-corrected chi connectivity index (χ2v) is 5.17. The van der Waals surface area contributed by atoms with Crippen molar-refractivity contribution in [1.82, 2.24) is 4.57 Å². The molecule has 0 bridgehead atoms. The highest BCUT2D eigenvalue weighted by atomic mass is 32.1. The third-order valence-electron chi connectivity index (χ3n) is 2.97. The molecule has 0 spiro atoms. The summed E-state index contributed by atoms with van der Waals surface area (Å²) in [5.41, 5.74) is 1.21. The maximum Gasteiger partial charge on any atom is 0.420 e. The summed E-state index contributed by atoms with van der Waals surface area (Å²) >= 11 is 1.10. The number of para-hydroxylation sites is 2. The van der Waals surface area contributed by atoms with Gasteiger partial charge in [-0.2, -0.15) is 0 Å². The van der Waals surface area contributed by atoms with Crippen molar-refractivity contribution in [3.05, 3.63) is 51.1 Å². The number of carboxylic acids is 1. The van der Waals surface area contributed by atoms with E-state index in [0.717, 1.165) is 11.3 Å². The van der Waals surface area contributed by atoms with E-state index in [1.807, 2.05) is 6.07 Å². The van der Waals surface area contributed by atoms with Gasteiger partial charge in [-0.15, -0.1) is 11.3 Å². The van der Waals surface area contributed by atoms with Crippen molar-refractivity contribution < 1.29 is 19.1 Å². The zero-order chi connectivity index (χ0) is 14.8. The largest absolute Gasteiger partial charge is 0.490 e. The van der Waals surface area contributed by atoms with Gasteiger partial charge in [-0.3, -0.25) is 4.57 Å². The van der Waals surface area contributed by atoms with E-state index in [0.29, 0.717) is 16.8 Å². The second kappa shape index (κ2) is 5.45. The number of aromatic carboxylic acids is 1. The summed E-state index contributed by atoms with van der Waals surface area (Å²) in [6.07, 6.45) is 0. The number of thiophene rings is 1. The Bertz CT molecular complexity index is 844. The quantitative estimate of drug-likeness (QED) is 0.783. The molecule has 0 radical (unpaired) electrons. The van der Waals surface area contributed by atoms with Gasteiger partial charge in [-0.25, -0.2) is 9.59 Å². The predicted octanol–water partition coefficient (Wildman–Crippen LogP) is 2.43. The number of ether oxygens (including phenoxy) is 1. The fraction of sp³-hybridized carbons (Fsp3) is 0.143. The number of rotatable bonds is 5. The number of carboxylic acid groups (broad SMARTS) is 1. The highest BCUT2D eigenvalue weighted by Crippen LogP contribution is 2.24. The lowest BCUT2D eigenvalue weighted by Gasteiger charge is -2.05. The number of benzene rings is 1. The van der Waals surface area contributed by atoms with E-state index in [1.54, 1.807) is 29.6 Å². The van der Waals surface area contributed by atoms with Crippen molar-refractivity contribution in [2.24, 2.45) is 0 Å². The Hall–Kier alpha value is -2.54. The molecule has 3 rings (SSSR count). The molecule has 3 aromatic rings. The summed E-state index contributed by atoms with van der Waals surface area (Å²) in [4.78, 5) is 22.9. The average Bonchev–Trinajstić information content (AvgIpc) is 3.04. The molecule has 0 saturated heterocycles. The van der Waals surface area contributed by atoms with Gasteiger partial charge in [0.2, 0.25) is 0 Å². The van der Waals surface area contributed by atoms with E-state index < -0.39 is 11.7 Å². The van der Waals surface area contributed by atoms with Crippen molar-refractivity contribution >= 4 is 28.4 Å². The zero-order valence-electron chi connectivity index (χ0n) is 10.8. The molecule has 0 amide bonds. The third kappa shape index (κ3) is 2.55. The third-order valence-corrected chi connectivity index (χ3v) is 3.85. The van der Waals surface area contributed by atoms with Crippen molar-refractivity contribution in [2.75, 3.05) is 6.61 Å². The molecule has 0 saturated carbocycles. The molecular formula is C14H11NO5S. The van der Waals surface area contributed by atoms with E-state index in [1.165, 1.54) is 4.57 Å². The number of hydrogen-bond acceptors (Lipinski definition) is 5. The van der Waals surface area contributed by atoms with E-state index in [9.17, 15) is 9.59 Å². The molecule has 0 unspecified atom stereocenters. The molecule has 2 aromatic heterocycles. The van der Waals surface area contributed by atoms with Gasteiger partial charge in [0.15, 0.2) is 10.5 Å². The summed E-state index contributed by atoms with van der Waals surface area (Å²) in [5.74, 6) is -1.16. The number of oxazole rings is 1. The molecule has 6 nitrogen and oxygen atoms in total. The van der Waals surface area contributed by atoms with Crippen LogP contribution in [0, 0.1) is 0 Å². The van der Waals surface area contributed by atoms with Crippen LogP contribution in [0.5, 0.6) is 5.75 Å². The molecule has 21 heavy (non-hydrogen) atoms. The number of nitrogens with zero attached hydrogens (tertiary/aromatic N) is 1. The van der Waals surface area contributed by atoms with E-state index in [2.05, 4.69) is 0 Å². The van der Waals surface area contributed by atoms with Gasteiger partial charge in [-0.05, 0) is 23.6 Å². The normalized spacial score (nSPS) is 10.9. The van der Waals surface area contributed by atoms with Crippen molar-refractivity contribution in [3.8, 4) is 5.75 Å². The lowest BCUT2D eigenvalue weighted by atomic mass is 10.3. The molecule has 7 heteroatoms. The lowest BCUT2D eigenvalue weighted by molar-refractivity contribution is 0.0698. The second-order valence-electron chi connectivity index (χ2n) is 4.25. The van der Waals surface area contributed by atoms with Crippen LogP contribution in [0.3, 0.4) is 0 Å². The smallest absolute Gasteiger partial charge is 0.420 e. The maximum atomic E-state index is 11.8. The minimum atomic E-state index is -1.02. The Morgan fingerprint density at radius 3 is 2.95 bits per heavy atom. The minimum Gasteiger partial charge on any atom is -0.490 e. The standard InChI is InChI=1S/C14H11NO5S/c16-13(17)12-11(5-8-21-12)19-7-6-15-9-3-1-2-4-10(9)20-14(15)18/h1-5,8H,6-7H2,(H,16,17). The first-order chi connectivity index (χ1) is 10.2. The monoisotopic (exact) mass is 305 g/mol. The maximum absolute atomic E-state index is 11.8. The van der Waals surface area contributed by atoms with Gasteiger partial charge in [0.1, 0.15) is 12.4 Å². The first-order valence-corrected chi connectivity index (χ1v) is 7.07. The highest BCUT2D eigenvalue weighted by Gasteiger charge is 2.13. The Balaban J connectivity index is 1.75. The Morgan fingerprint density at radius 1 is 1.33 bits per heavy atom. The zero-order valence-corrected chi connectivity index (χ0v) is 11.6. The minimum absolute atomic E-state index is 0.152. The summed E-state index contributed by atoms with van der Waals surface area (Å²) in [6.45, 7) is 0.463. The van der Waals surface area contributed by atoms with Crippen LogP contribution >= 0.6 is 11.3 Å². The number of fused-ring (bicyclic) bond motifs is 1. The number of aromatic nitrogens is 1.